The first kappa shape index (κ1) is 39.7. The number of aryl methyl sites for hydroxylation is 1. The molecular formula is C40H49ClN8O3. The fourth-order valence-corrected chi connectivity index (χ4v) is 5.41. The Morgan fingerprint density at radius 2 is 1.29 bits per heavy atom. The number of fused-ring (bicyclic) bond motifs is 1. The molecule has 3 aromatic carbocycles. The van der Waals surface area contributed by atoms with E-state index in [1.165, 1.54) is 35.4 Å². The monoisotopic (exact) mass is 724 g/mol. The summed E-state index contributed by atoms with van der Waals surface area (Å²) in [6.07, 6.45) is 1.87. The third-order valence-electron chi connectivity index (χ3n) is 8.10. The Morgan fingerprint density at radius 3 is 1.83 bits per heavy atom. The summed E-state index contributed by atoms with van der Waals surface area (Å²) >= 11 is 5.60. The number of anilines is 1. The molecule has 274 valence electrons. The lowest BCUT2D eigenvalue weighted by molar-refractivity contribution is 0.0687. The Bertz CT molecular complexity index is 1990. The van der Waals surface area contributed by atoms with Crippen LogP contribution in [0.15, 0.2) is 125 Å². The minimum Gasteiger partial charge on any atom is -0.367 e. The number of nitrogens with one attached hydrogen (secondary N) is 1. The zero-order valence-corrected chi connectivity index (χ0v) is 31.6. The molecule has 0 aliphatic carbocycles. The van der Waals surface area contributed by atoms with Gasteiger partial charge in [-0.3, -0.25) is 13.9 Å². The summed E-state index contributed by atoms with van der Waals surface area (Å²) in [6, 6.07) is 37.4. The van der Waals surface area contributed by atoms with Gasteiger partial charge >= 0.3 is 5.69 Å². The maximum atomic E-state index is 11.5. The molecule has 6 rings (SSSR count). The zero-order valence-electron chi connectivity index (χ0n) is 30.8. The van der Waals surface area contributed by atoms with Gasteiger partial charge in [0, 0.05) is 46.5 Å². The highest BCUT2D eigenvalue weighted by Gasteiger charge is 2.14. The highest BCUT2D eigenvalue weighted by Crippen LogP contribution is 2.25. The summed E-state index contributed by atoms with van der Waals surface area (Å²) in [6.45, 7) is 4.53. The molecule has 0 bridgehead atoms. The first-order chi connectivity index (χ1) is 25.0. The van der Waals surface area contributed by atoms with Gasteiger partial charge in [0.25, 0.3) is 5.56 Å². The van der Waals surface area contributed by atoms with Crippen LogP contribution in [0.4, 0.5) is 5.82 Å². The topological polar surface area (TPSA) is 105 Å². The summed E-state index contributed by atoms with van der Waals surface area (Å²) in [7, 11) is 11.2. The minimum absolute atomic E-state index is 0.0161. The summed E-state index contributed by atoms with van der Waals surface area (Å²) in [5.41, 5.74) is 3.36. The molecule has 0 fully saturated rings. The van der Waals surface area contributed by atoms with Crippen molar-refractivity contribution in [3.63, 3.8) is 0 Å². The number of halogens is 1. The maximum absolute atomic E-state index is 11.5. The lowest BCUT2D eigenvalue weighted by atomic mass is 10.0. The van der Waals surface area contributed by atoms with Crippen molar-refractivity contribution in [2.75, 3.05) is 59.3 Å². The molecular weight excluding hydrogens is 676 g/mol. The smallest absolute Gasteiger partial charge is 0.332 e. The average molecular weight is 725 g/mol. The van der Waals surface area contributed by atoms with Crippen LogP contribution < -0.4 is 16.1 Å². The van der Waals surface area contributed by atoms with Crippen LogP contribution >= 0.6 is 11.6 Å². The first-order valence-corrected chi connectivity index (χ1v) is 17.4. The molecule has 52 heavy (non-hydrogen) atoms. The van der Waals surface area contributed by atoms with Crippen LogP contribution in [0.25, 0.3) is 11.2 Å². The molecule has 0 unspecified atom stereocenters. The fraction of sp³-hybridized carbons (Fsp3) is 0.300. The lowest BCUT2D eigenvalue weighted by Gasteiger charge is -2.25. The molecule has 6 aromatic rings. The third kappa shape index (κ3) is 11.7. The van der Waals surface area contributed by atoms with Crippen molar-refractivity contribution in [2.24, 2.45) is 14.1 Å². The average Bonchev–Trinajstić information content (AvgIpc) is 3.57. The number of pyridine rings is 1. The Labute approximate surface area is 310 Å². The highest BCUT2D eigenvalue weighted by molar-refractivity contribution is 6.28. The van der Waals surface area contributed by atoms with Crippen molar-refractivity contribution >= 4 is 28.6 Å². The van der Waals surface area contributed by atoms with Crippen molar-refractivity contribution in [1.82, 2.24) is 33.9 Å². The van der Waals surface area contributed by atoms with Crippen molar-refractivity contribution in [2.45, 2.75) is 12.6 Å². The van der Waals surface area contributed by atoms with E-state index in [2.05, 4.69) is 143 Å². The number of aromatic amines is 1. The van der Waals surface area contributed by atoms with Crippen molar-refractivity contribution in [3.05, 3.63) is 158 Å². The van der Waals surface area contributed by atoms with E-state index in [0.29, 0.717) is 0 Å². The van der Waals surface area contributed by atoms with E-state index in [-0.39, 0.29) is 22.6 Å². The summed E-state index contributed by atoms with van der Waals surface area (Å²) in [4.78, 5) is 40.5. The highest BCUT2D eigenvalue weighted by atomic mass is 35.5. The van der Waals surface area contributed by atoms with Gasteiger partial charge < -0.3 is 24.4 Å². The van der Waals surface area contributed by atoms with Gasteiger partial charge in [-0.05, 0) is 68.6 Å². The van der Waals surface area contributed by atoms with E-state index in [1.54, 1.807) is 0 Å². The lowest BCUT2D eigenvalue weighted by Crippen LogP contribution is -2.36. The number of rotatable bonds is 12. The number of benzene rings is 3. The normalized spacial score (nSPS) is 11.0. The largest absolute Gasteiger partial charge is 0.367 e. The molecule has 3 aromatic heterocycles. The number of ether oxygens (including phenoxy) is 1. The predicted octanol–water partition coefficient (Wildman–Crippen LogP) is 5.62. The quantitative estimate of drug-likeness (QED) is 0.162. The number of hydrogen-bond donors (Lipinski definition) is 1. The first-order valence-electron chi connectivity index (χ1n) is 17.1. The standard InChI is InChI=1S/C17H21NO.C16H21N3.C7H7ClN4O2/c1-18(2)13-14-19-17(15-9-5-3-6-10-15)16-11-7-4-8-12-16;1-18(2)12-13-19(16-10-6-7-11-17-16)14-15-8-4-3-5-9-15;1-11-4-3(9-6(8)10-4)5(13)12(2)7(11)14/h3-12,17H,13-14H2,1-2H3;3-11H,12-14H2,1-2H3;1-2H3,(H,9,10). The number of nitrogens with zero attached hydrogens (tertiary/aromatic N) is 7. The number of imidazole rings is 1. The van der Waals surface area contributed by atoms with E-state index in [4.69, 9.17) is 16.3 Å². The van der Waals surface area contributed by atoms with Crippen molar-refractivity contribution in [3.8, 4) is 0 Å². The molecule has 0 saturated heterocycles. The maximum Gasteiger partial charge on any atom is 0.332 e. The van der Waals surface area contributed by atoms with Crippen LogP contribution in [-0.2, 0) is 25.4 Å². The van der Waals surface area contributed by atoms with E-state index < -0.39 is 11.2 Å². The second-order valence-electron chi connectivity index (χ2n) is 12.7. The second-order valence-corrected chi connectivity index (χ2v) is 13.1. The fourth-order valence-electron chi connectivity index (χ4n) is 5.23. The molecule has 11 nitrogen and oxygen atoms in total. The van der Waals surface area contributed by atoms with Crippen LogP contribution in [0.1, 0.15) is 22.8 Å². The Balaban J connectivity index is 0.000000177. The van der Waals surface area contributed by atoms with Crippen LogP contribution in [0.3, 0.4) is 0 Å². The third-order valence-corrected chi connectivity index (χ3v) is 8.28. The summed E-state index contributed by atoms with van der Waals surface area (Å²) in [5, 5.41) is 0.0956. The van der Waals surface area contributed by atoms with Crippen LogP contribution in [0.5, 0.6) is 0 Å². The van der Waals surface area contributed by atoms with Crippen LogP contribution in [-0.4, -0.2) is 88.3 Å². The predicted molar refractivity (Wildman–Crippen MR) is 211 cm³/mol. The van der Waals surface area contributed by atoms with Crippen molar-refractivity contribution < 1.29 is 4.74 Å². The van der Waals surface area contributed by atoms with E-state index in [1.807, 2.05) is 30.5 Å². The number of aromatic nitrogens is 5. The Morgan fingerprint density at radius 1 is 0.731 bits per heavy atom. The second kappa shape index (κ2) is 20.1. The minimum atomic E-state index is -0.428. The molecule has 0 atom stereocenters. The summed E-state index contributed by atoms with van der Waals surface area (Å²) in [5.74, 6) is 1.04. The molecule has 0 radical (unpaired) electrons. The van der Waals surface area contributed by atoms with Gasteiger partial charge in [0.05, 0.1) is 6.61 Å². The van der Waals surface area contributed by atoms with Gasteiger partial charge in [0.2, 0.25) is 5.28 Å². The van der Waals surface area contributed by atoms with E-state index >= 15 is 0 Å². The van der Waals surface area contributed by atoms with Gasteiger partial charge in [0.1, 0.15) is 11.9 Å². The molecule has 12 heteroatoms. The zero-order chi connectivity index (χ0) is 37.5. The molecule has 0 saturated carbocycles. The van der Waals surface area contributed by atoms with Crippen LogP contribution in [0, 0.1) is 0 Å². The molecule has 0 aliphatic rings. The number of H-pyrrole nitrogens is 1. The molecule has 0 amide bonds. The van der Waals surface area contributed by atoms with Gasteiger partial charge in [-0.2, -0.15) is 4.98 Å². The molecule has 3 heterocycles. The van der Waals surface area contributed by atoms with Gasteiger partial charge in [0.15, 0.2) is 11.2 Å². The number of likely N-dealkylation sites (N-methyl/N-ethyl adjacent to an activating group) is 2. The molecule has 0 aliphatic heterocycles. The Hall–Kier alpha value is -5.07. The van der Waals surface area contributed by atoms with Crippen molar-refractivity contribution in [1.29, 1.82) is 0 Å². The molecule has 0 spiro atoms. The van der Waals surface area contributed by atoms with E-state index in [9.17, 15) is 9.59 Å². The van der Waals surface area contributed by atoms with Gasteiger partial charge in [-0.15, -0.1) is 0 Å². The summed E-state index contributed by atoms with van der Waals surface area (Å²) < 4.78 is 8.34. The Kier molecular flexibility index (Phi) is 15.3. The number of hydrogen-bond acceptors (Lipinski definition) is 8. The van der Waals surface area contributed by atoms with Crippen LogP contribution in [0.2, 0.25) is 5.28 Å². The SMILES string of the molecule is CN(C)CCN(Cc1ccccc1)c1ccccn1.CN(C)CCOC(c1ccccc1)c1ccccc1.Cn1c(=O)c2[nH]c(Cl)nc2n(C)c1=O. The van der Waals surface area contributed by atoms with E-state index in [0.717, 1.165) is 43.2 Å². The van der Waals surface area contributed by atoms with Gasteiger partial charge in [-0.1, -0.05) is 97.1 Å². The molecule has 1 N–H and O–H groups in total. The van der Waals surface area contributed by atoms with Gasteiger partial charge in [-0.25, -0.2) is 9.78 Å².